The van der Waals surface area contributed by atoms with E-state index in [0.29, 0.717) is 6.10 Å². The fraction of sp³-hybridized carbons (Fsp3) is 1.00. The van der Waals surface area contributed by atoms with E-state index in [0.717, 1.165) is 19.7 Å². The molecule has 0 unspecified atom stereocenters. The quantitative estimate of drug-likeness (QED) is 0.628. The molecule has 0 aromatic heterocycles. The fourth-order valence-corrected chi connectivity index (χ4v) is 2.37. The predicted molar refractivity (Wildman–Crippen MR) is 73.5 cm³/mol. The second-order valence-electron chi connectivity index (χ2n) is 5.18. The fourth-order valence-electron chi connectivity index (χ4n) is 2.37. The maximum Gasteiger partial charge on any atom is 0.0599 e. The molecule has 1 heterocycles. The van der Waals surface area contributed by atoms with Crippen molar-refractivity contribution in [3.63, 3.8) is 0 Å². The zero-order valence-electron chi connectivity index (χ0n) is 11.7. The second kappa shape index (κ2) is 9.86. The summed E-state index contributed by atoms with van der Waals surface area (Å²) in [5, 5.41) is 3.36. The standard InChI is InChI=1S/C14H30N2O/c1-3-11-16(2)12-5-4-6-13-17-14-7-9-15-10-8-14/h14-15H,3-13H2,1-2H3. The first-order chi connectivity index (χ1) is 8.33. The van der Waals surface area contributed by atoms with Gasteiger partial charge < -0.3 is 15.0 Å². The Balaban J connectivity index is 1.83. The van der Waals surface area contributed by atoms with Crippen molar-refractivity contribution in [2.24, 2.45) is 0 Å². The van der Waals surface area contributed by atoms with Crippen molar-refractivity contribution < 1.29 is 4.74 Å². The number of unbranched alkanes of at least 4 members (excludes halogenated alkanes) is 2. The van der Waals surface area contributed by atoms with E-state index in [2.05, 4.69) is 24.2 Å². The van der Waals surface area contributed by atoms with E-state index < -0.39 is 0 Å². The molecule has 0 amide bonds. The summed E-state index contributed by atoms with van der Waals surface area (Å²) >= 11 is 0. The summed E-state index contributed by atoms with van der Waals surface area (Å²) in [6, 6.07) is 0. The highest BCUT2D eigenvalue weighted by atomic mass is 16.5. The van der Waals surface area contributed by atoms with Crippen molar-refractivity contribution in [2.75, 3.05) is 39.8 Å². The molecule has 3 nitrogen and oxygen atoms in total. The van der Waals surface area contributed by atoms with E-state index in [1.165, 1.54) is 51.6 Å². The van der Waals surface area contributed by atoms with Crippen molar-refractivity contribution in [1.29, 1.82) is 0 Å². The molecule has 102 valence electrons. The molecule has 0 aromatic rings. The Morgan fingerprint density at radius 1 is 1.12 bits per heavy atom. The maximum absolute atomic E-state index is 5.88. The lowest BCUT2D eigenvalue weighted by molar-refractivity contribution is 0.0306. The van der Waals surface area contributed by atoms with Crippen molar-refractivity contribution in [1.82, 2.24) is 10.2 Å². The normalized spacial score (nSPS) is 17.8. The highest BCUT2D eigenvalue weighted by Crippen LogP contribution is 2.08. The lowest BCUT2D eigenvalue weighted by atomic mass is 10.1. The van der Waals surface area contributed by atoms with Crippen LogP contribution in [0.4, 0.5) is 0 Å². The Labute approximate surface area is 107 Å². The summed E-state index contributed by atoms with van der Waals surface area (Å²) in [7, 11) is 2.22. The molecule has 0 aromatic carbocycles. The van der Waals surface area contributed by atoms with E-state index in [1.54, 1.807) is 0 Å². The highest BCUT2D eigenvalue weighted by Gasteiger charge is 2.12. The highest BCUT2D eigenvalue weighted by molar-refractivity contribution is 4.67. The second-order valence-corrected chi connectivity index (χ2v) is 5.18. The van der Waals surface area contributed by atoms with Gasteiger partial charge in [0, 0.05) is 6.61 Å². The number of piperidine rings is 1. The molecule has 0 aliphatic carbocycles. The van der Waals surface area contributed by atoms with Crippen LogP contribution in [0.25, 0.3) is 0 Å². The average molecular weight is 242 g/mol. The molecule has 0 radical (unpaired) electrons. The van der Waals surface area contributed by atoms with Crippen LogP contribution in [0.5, 0.6) is 0 Å². The number of hydrogen-bond donors (Lipinski definition) is 1. The van der Waals surface area contributed by atoms with Gasteiger partial charge in [-0.05, 0) is 71.8 Å². The van der Waals surface area contributed by atoms with Crippen LogP contribution >= 0.6 is 0 Å². The Kier molecular flexibility index (Phi) is 8.67. The van der Waals surface area contributed by atoms with Gasteiger partial charge in [0.15, 0.2) is 0 Å². The smallest absolute Gasteiger partial charge is 0.0599 e. The Morgan fingerprint density at radius 3 is 2.59 bits per heavy atom. The third kappa shape index (κ3) is 7.74. The van der Waals surface area contributed by atoms with Gasteiger partial charge in [0.2, 0.25) is 0 Å². The molecule has 1 fully saturated rings. The molecule has 3 heteroatoms. The molecular formula is C14H30N2O. The third-order valence-corrected chi connectivity index (χ3v) is 3.43. The molecule has 1 saturated heterocycles. The van der Waals surface area contributed by atoms with Crippen LogP contribution in [0.15, 0.2) is 0 Å². The van der Waals surface area contributed by atoms with E-state index in [9.17, 15) is 0 Å². The summed E-state index contributed by atoms with van der Waals surface area (Å²) in [6.45, 7) is 7.93. The largest absolute Gasteiger partial charge is 0.378 e. The molecule has 1 N–H and O–H groups in total. The van der Waals surface area contributed by atoms with Crippen LogP contribution in [0.1, 0.15) is 45.4 Å². The van der Waals surface area contributed by atoms with E-state index in [-0.39, 0.29) is 0 Å². The van der Waals surface area contributed by atoms with Crippen LogP contribution in [0.3, 0.4) is 0 Å². The Morgan fingerprint density at radius 2 is 1.88 bits per heavy atom. The topological polar surface area (TPSA) is 24.5 Å². The Hall–Kier alpha value is -0.120. The molecule has 1 aliphatic rings. The van der Waals surface area contributed by atoms with Gasteiger partial charge in [0.05, 0.1) is 6.10 Å². The van der Waals surface area contributed by atoms with E-state index in [1.807, 2.05) is 0 Å². The van der Waals surface area contributed by atoms with Crippen LogP contribution in [-0.4, -0.2) is 50.8 Å². The average Bonchev–Trinajstić information content (AvgIpc) is 2.35. The lowest BCUT2D eigenvalue weighted by Gasteiger charge is -2.23. The SMILES string of the molecule is CCCN(C)CCCCCOC1CCNCC1. The van der Waals surface area contributed by atoms with Gasteiger partial charge in [0.25, 0.3) is 0 Å². The minimum Gasteiger partial charge on any atom is -0.378 e. The molecule has 0 bridgehead atoms. The molecule has 0 spiro atoms. The predicted octanol–water partition coefficient (Wildman–Crippen LogP) is 2.27. The zero-order chi connectivity index (χ0) is 12.3. The summed E-state index contributed by atoms with van der Waals surface area (Å²) in [5.41, 5.74) is 0. The number of hydrogen-bond acceptors (Lipinski definition) is 3. The van der Waals surface area contributed by atoms with Gasteiger partial charge in [-0.3, -0.25) is 0 Å². The first-order valence-electron chi connectivity index (χ1n) is 7.33. The minimum atomic E-state index is 0.527. The zero-order valence-corrected chi connectivity index (χ0v) is 11.7. The first-order valence-corrected chi connectivity index (χ1v) is 7.33. The molecule has 17 heavy (non-hydrogen) atoms. The molecule has 1 rings (SSSR count). The van der Waals surface area contributed by atoms with E-state index in [4.69, 9.17) is 4.74 Å². The summed E-state index contributed by atoms with van der Waals surface area (Å²) in [4.78, 5) is 2.42. The number of nitrogens with one attached hydrogen (secondary N) is 1. The van der Waals surface area contributed by atoms with Crippen LogP contribution in [0.2, 0.25) is 0 Å². The van der Waals surface area contributed by atoms with Gasteiger partial charge in [-0.15, -0.1) is 0 Å². The van der Waals surface area contributed by atoms with Gasteiger partial charge in [-0.1, -0.05) is 6.92 Å². The van der Waals surface area contributed by atoms with Crippen LogP contribution in [-0.2, 0) is 4.74 Å². The first kappa shape index (κ1) is 14.9. The number of ether oxygens (including phenoxy) is 1. The third-order valence-electron chi connectivity index (χ3n) is 3.43. The maximum atomic E-state index is 5.88. The van der Waals surface area contributed by atoms with Crippen molar-refractivity contribution in [3.05, 3.63) is 0 Å². The number of nitrogens with zero attached hydrogens (tertiary/aromatic N) is 1. The monoisotopic (exact) mass is 242 g/mol. The molecule has 1 aliphatic heterocycles. The van der Waals surface area contributed by atoms with Crippen molar-refractivity contribution in [3.8, 4) is 0 Å². The van der Waals surface area contributed by atoms with Crippen molar-refractivity contribution >= 4 is 0 Å². The van der Waals surface area contributed by atoms with Crippen LogP contribution in [0, 0.1) is 0 Å². The van der Waals surface area contributed by atoms with Gasteiger partial charge >= 0.3 is 0 Å². The summed E-state index contributed by atoms with van der Waals surface area (Å²) in [6.07, 6.45) is 8.02. The summed E-state index contributed by atoms with van der Waals surface area (Å²) in [5.74, 6) is 0. The molecule has 0 saturated carbocycles. The minimum absolute atomic E-state index is 0.527. The summed E-state index contributed by atoms with van der Waals surface area (Å²) < 4.78 is 5.88. The van der Waals surface area contributed by atoms with Crippen LogP contribution < -0.4 is 5.32 Å². The number of rotatable bonds is 9. The van der Waals surface area contributed by atoms with Crippen molar-refractivity contribution in [2.45, 2.75) is 51.6 Å². The van der Waals surface area contributed by atoms with Gasteiger partial charge in [0.1, 0.15) is 0 Å². The molecule has 0 atom stereocenters. The lowest BCUT2D eigenvalue weighted by Crippen LogP contribution is -2.32. The molecular weight excluding hydrogens is 212 g/mol. The Bertz CT molecular complexity index is 170. The van der Waals surface area contributed by atoms with Gasteiger partial charge in [-0.25, -0.2) is 0 Å². The van der Waals surface area contributed by atoms with Gasteiger partial charge in [-0.2, -0.15) is 0 Å². The van der Waals surface area contributed by atoms with E-state index >= 15 is 0 Å².